The summed E-state index contributed by atoms with van der Waals surface area (Å²) >= 11 is 0. The van der Waals surface area contributed by atoms with Crippen LogP contribution in [0.2, 0.25) is 0 Å². The van der Waals surface area contributed by atoms with Crippen LogP contribution in [-0.4, -0.2) is 30.3 Å². The van der Waals surface area contributed by atoms with Gasteiger partial charge in [-0.25, -0.2) is 9.59 Å². The molecule has 0 bridgehead atoms. The van der Waals surface area contributed by atoms with Crippen LogP contribution in [0.4, 0.5) is 5.69 Å². The number of ether oxygens (including phenoxy) is 4. The number of non-ortho nitro benzene ring substituents is 1. The first-order valence-electron chi connectivity index (χ1n) is 7.56. The summed E-state index contributed by atoms with van der Waals surface area (Å²) in [5, 5.41) is 11.1. The predicted octanol–water partition coefficient (Wildman–Crippen LogP) is 2.72. The molecule has 1 heterocycles. The normalized spacial score (nSPS) is 11.7. The summed E-state index contributed by atoms with van der Waals surface area (Å²) in [5.41, 5.74) is -0.688. The van der Waals surface area contributed by atoms with E-state index in [4.69, 9.17) is 18.9 Å². The number of nitro groups is 1. The maximum Gasteiger partial charge on any atom is 0.343 e. The van der Waals surface area contributed by atoms with Gasteiger partial charge in [0, 0.05) is 18.2 Å². The van der Waals surface area contributed by atoms with Gasteiger partial charge in [0.25, 0.3) is 5.69 Å². The third-order valence-corrected chi connectivity index (χ3v) is 3.43. The lowest BCUT2D eigenvalue weighted by atomic mass is 10.1. The van der Waals surface area contributed by atoms with Crippen molar-refractivity contribution in [2.45, 2.75) is 6.92 Å². The minimum atomic E-state index is -0.863. The average molecular weight is 359 g/mol. The van der Waals surface area contributed by atoms with Gasteiger partial charge in [-0.1, -0.05) is 0 Å². The number of benzene rings is 2. The lowest BCUT2D eigenvalue weighted by Gasteiger charge is -2.07. The smallest absolute Gasteiger partial charge is 0.343 e. The number of esters is 2. The second-order valence-corrected chi connectivity index (χ2v) is 5.15. The summed E-state index contributed by atoms with van der Waals surface area (Å²) in [6, 6.07) is 7.77. The number of carbonyl (C=O) groups is 2. The quantitative estimate of drug-likeness (QED) is 0.346. The molecule has 3 rings (SSSR count). The van der Waals surface area contributed by atoms with Gasteiger partial charge in [0.05, 0.1) is 22.7 Å². The Labute approximate surface area is 147 Å². The van der Waals surface area contributed by atoms with E-state index < -0.39 is 22.5 Å². The highest BCUT2D eigenvalue weighted by atomic mass is 16.7. The highest BCUT2D eigenvalue weighted by Crippen LogP contribution is 2.35. The van der Waals surface area contributed by atoms with Crippen LogP contribution < -0.4 is 14.2 Å². The second-order valence-electron chi connectivity index (χ2n) is 5.15. The zero-order chi connectivity index (χ0) is 18.7. The molecule has 26 heavy (non-hydrogen) atoms. The first kappa shape index (κ1) is 17.2. The van der Waals surface area contributed by atoms with E-state index in [1.54, 1.807) is 13.0 Å². The van der Waals surface area contributed by atoms with Gasteiger partial charge in [0.2, 0.25) is 6.79 Å². The van der Waals surface area contributed by atoms with Crippen molar-refractivity contribution in [2.75, 3.05) is 13.4 Å². The molecule has 134 valence electrons. The molecule has 0 unspecified atom stereocenters. The zero-order valence-electron chi connectivity index (χ0n) is 13.6. The summed E-state index contributed by atoms with van der Waals surface area (Å²) in [6.07, 6.45) is 0. The van der Waals surface area contributed by atoms with E-state index >= 15 is 0 Å². The number of nitro benzene ring substituents is 1. The van der Waals surface area contributed by atoms with Crippen molar-refractivity contribution < 1.29 is 33.5 Å². The summed E-state index contributed by atoms with van der Waals surface area (Å²) in [6.45, 7) is 1.77. The third-order valence-electron chi connectivity index (χ3n) is 3.43. The molecule has 2 aromatic rings. The van der Waals surface area contributed by atoms with Crippen molar-refractivity contribution in [1.82, 2.24) is 0 Å². The number of carbonyl (C=O) groups excluding carboxylic acids is 2. The fourth-order valence-corrected chi connectivity index (χ4v) is 2.27. The molecule has 2 aromatic carbocycles. The molecule has 0 saturated heterocycles. The average Bonchev–Trinajstić information content (AvgIpc) is 3.09. The molecule has 0 fully saturated rings. The Bertz CT molecular complexity index is 892. The van der Waals surface area contributed by atoms with Crippen LogP contribution in [-0.2, 0) is 4.74 Å². The van der Waals surface area contributed by atoms with Crippen molar-refractivity contribution in [3.8, 4) is 17.2 Å². The fourth-order valence-electron chi connectivity index (χ4n) is 2.27. The highest BCUT2D eigenvalue weighted by Gasteiger charge is 2.21. The van der Waals surface area contributed by atoms with E-state index in [0.717, 1.165) is 12.1 Å². The van der Waals surface area contributed by atoms with E-state index in [0.29, 0.717) is 11.5 Å². The van der Waals surface area contributed by atoms with E-state index in [1.165, 1.54) is 18.2 Å². The van der Waals surface area contributed by atoms with Gasteiger partial charge in [-0.3, -0.25) is 10.1 Å². The summed E-state index contributed by atoms with van der Waals surface area (Å²) in [4.78, 5) is 34.6. The van der Waals surface area contributed by atoms with E-state index in [-0.39, 0.29) is 30.3 Å². The molecule has 0 aromatic heterocycles. The molecule has 9 heteroatoms. The standard InChI is InChI=1S/C17H13NO8/c1-2-23-16(19)10-5-11(7-12(6-10)18(21)22)17(20)26-13-3-4-14-15(8-13)25-9-24-14/h3-8H,2,9H2,1H3. The van der Waals surface area contributed by atoms with Gasteiger partial charge in [-0.15, -0.1) is 0 Å². The minimum Gasteiger partial charge on any atom is -0.462 e. The molecule has 0 amide bonds. The van der Waals surface area contributed by atoms with Crippen LogP contribution in [0, 0.1) is 10.1 Å². The molecule has 1 aliphatic rings. The zero-order valence-corrected chi connectivity index (χ0v) is 13.6. The number of fused-ring (bicyclic) bond motifs is 1. The van der Waals surface area contributed by atoms with Gasteiger partial charge in [-0.2, -0.15) is 0 Å². The molecule has 0 atom stereocenters. The Kier molecular flexibility index (Phi) is 4.70. The maximum atomic E-state index is 12.4. The SMILES string of the molecule is CCOC(=O)c1cc(C(=O)Oc2ccc3c(c2)OCO3)cc([N+](=O)[O-])c1. The molecule has 0 saturated carbocycles. The first-order chi connectivity index (χ1) is 12.5. The second kappa shape index (κ2) is 7.09. The largest absolute Gasteiger partial charge is 0.462 e. The summed E-state index contributed by atoms with van der Waals surface area (Å²) in [5.74, 6) is -0.527. The molecule has 1 aliphatic heterocycles. The Balaban J connectivity index is 1.88. The molecule has 0 aliphatic carbocycles. The summed E-state index contributed by atoms with van der Waals surface area (Å²) in [7, 11) is 0. The Morgan fingerprint density at radius 1 is 1.08 bits per heavy atom. The highest BCUT2D eigenvalue weighted by molar-refractivity contribution is 5.97. The monoisotopic (exact) mass is 359 g/mol. The predicted molar refractivity (Wildman–Crippen MR) is 86.6 cm³/mol. The Morgan fingerprint density at radius 3 is 2.46 bits per heavy atom. The van der Waals surface area contributed by atoms with Crippen LogP contribution in [0.1, 0.15) is 27.6 Å². The van der Waals surface area contributed by atoms with Crippen molar-refractivity contribution in [3.63, 3.8) is 0 Å². The van der Waals surface area contributed by atoms with Gasteiger partial charge in [0.15, 0.2) is 11.5 Å². The molecule has 0 N–H and O–H groups in total. The number of rotatable bonds is 5. The lowest BCUT2D eigenvalue weighted by molar-refractivity contribution is -0.384. The third kappa shape index (κ3) is 3.56. The summed E-state index contributed by atoms with van der Waals surface area (Å²) < 4.78 is 20.4. The van der Waals surface area contributed by atoms with Gasteiger partial charge < -0.3 is 18.9 Å². The van der Waals surface area contributed by atoms with Gasteiger partial charge >= 0.3 is 11.9 Å². The van der Waals surface area contributed by atoms with Crippen molar-refractivity contribution in [3.05, 3.63) is 57.6 Å². The van der Waals surface area contributed by atoms with Crippen LogP contribution in [0.25, 0.3) is 0 Å². The molecule has 0 radical (unpaired) electrons. The van der Waals surface area contributed by atoms with Gasteiger partial charge in [0.1, 0.15) is 5.75 Å². The van der Waals surface area contributed by atoms with Crippen LogP contribution >= 0.6 is 0 Å². The van der Waals surface area contributed by atoms with Crippen molar-refractivity contribution in [1.29, 1.82) is 0 Å². The number of hydrogen-bond donors (Lipinski definition) is 0. The first-order valence-corrected chi connectivity index (χ1v) is 7.56. The van der Waals surface area contributed by atoms with Crippen molar-refractivity contribution in [2.24, 2.45) is 0 Å². The van der Waals surface area contributed by atoms with E-state index in [9.17, 15) is 19.7 Å². The molecular weight excluding hydrogens is 346 g/mol. The number of hydrogen-bond acceptors (Lipinski definition) is 8. The topological polar surface area (TPSA) is 114 Å². The fraction of sp³-hybridized carbons (Fsp3) is 0.176. The Hall–Kier alpha value is -3.62. The van der Waals surface area contributed by atoms with E-state index in [2.05, 4.69) is 0 Å². The Morgan fingerprint density at radius 2 is 1.77 bits per heavy atom. The lowest BCUT2D eigenvalue weighted by Crippen LogP contribution is -2.12. The van der Waals surface area contributed by atoms with Crippen LogP contribution in [0.15, 0.2) is 36.4 Å². The van der Waals surface area contributed by atoms with E-state index in [1.807, 2.05) is 0 Å². The van der Waals surface area contributed by atoms with Crippen LogP contribution in [0.5, 0.6) is 17.2 Å². The molecule has 9 nitrogen and oxygen atoms in total. The van der Waals surface area contributed by atoms with Crippen LogP contribution in [0.3, 0.4) is 0 Å². The maximum absolute atomic E-state index is 12.4. The van der Waals surface area contributed by atoms with Crippen molar-refractivity contribution >= 4 is 17.6 Å². The number of nitrogens with zero attached hydrogens (tertiary/aromatic N) is 1. The molecule has 0 spiro atoms. The molecular formula is C17H13NO8. The van der Waals surface area contributed by atoms with Gasteiger partial charge in [-0.05, 0) is 25.1 Å². The minimum absolute atomic E-state index is 0.0700.